The molecule has 1 saturated heterocycles. The second-order valence-electron chi connectivity index (χ2n) is 8.24. The number of aliphatic hydroxyl groups is 1. The van der Waals surface area contributed by atoms with E-state index >= 15 is 0 Å². The normalized spacial score (nSPS) is 32.0. The number of hydrogen-bond donors (Lipinski definition) is 3. The molecule has 3 atom stereocenters. The molecule has 0 aromatic heterocycles. The van der Waals surface area contributed by atoms with Crippen LogP contribution in [0.1, 0.15) is 65.2 Å². The van der Waals surface area contributed by atoms with Crippen LogP contribution in [0, 0.1) is 5.92 Å². The molecule has 1 aliphatic heterocycles. The van der Waals surface area contributed by atoms with Crippen LogP contribution in [0.25, 0.3) is 0 Å². The van der Waals surface area contributed by atoms with E-state index in [1.54, 1.807) is 13.8 Å². The molecule has 3 aliphatic rings. The number of rotatable bonds is 6. The fourth-order valence-electron chi connectivity index (χ4n) is 4.42. The highest BCUT2D eigenvalue weighted by molar-refractivity contribution is 5.67. The minimum Gasteiger partial charge on any atom is -0.465 e. The summed E-state index contributed by atoms with van der Waals surface area (Å²) in [6.07, 6.45) is 7.09. The molecule has 0 aromatic rings. The highest BCUT2D eigenvalue weighted by Crippen LogP contribution is 2.39. The van der Waals surface area contributed by atoms with Crippen LogP contribution >= 0.6 is 0 Å². The summed E-state index contributed by atoms with van der Waals surface area (Å²) in [4.78, 5) is 13.3. The van der Waals surface area contributed by atoms with E-state index < -0.39 is 24.0 Å². The Balaban J connectivity index is 1.71. The van der Waals surface area contributed by atoms with Crippen molar-refractivity contribution in [3.63, 3.8) is 0 Å². The van der Waals surface area contributed by atoms with Gasteiger partial charge in [0.15, 0.2) is 0 Å². The Morgan fingerprint density at radius 3 is 2.50 bits per heavy atom. The second-order valence-corrected chi connectivity index (χ2v) is 8.24. The zero-order valence-electron chi connectivity index (χ0n) is 14.9. The van der Waals surface area contributed by atoms with Crippen LogP contribution in [-0.2, 0) is 4.74 Å². The smallest absolute Gasteiger partial charge is 0.409 e. The van der Waals surface area contributed by atoms with E-state index in [1.807, 2.05) is 0 Å². The molecule has 0 spiro atoms. The summed E-state index contributed by atoms with van der Waals surface area (Å²) in [7, 11) is 0. The van der Waals surface area contributed by atoms with Crippen LogP contribution in [0.5, 0.6) is 0 Å². The molecule has 0 bridgehead atoms. The van der Waals surface area contributed by atoms with E-state index in [4.69, 9.17) is 4.74 Å². The molecule has 24 heavy (non-hydrogen) atoms. The van der Waals surface area contributed by atoms with Gasteiger partial charge in [-0.1, -0.05) is 32.1 Å². The number of nitrogens with one attached hydrogen (secondary N) is 1. The summed E-state index contributed by atoms with van der Waals surface area (Å²) >= 11 is 0. The average molecular weight is 340 g/mol. The van der Waals surface area contributed by atoms with Gasteiger partial charge in [0.1, 0.15) is 11.8 Å². The van der Waals surface area contributed by atoms with E-state index in [0.717, 1.165) is 32.1 Å². The number of hydrogen-bond acceptors (Lipinski definition) is 4. The van der Waals surface area contributed by atoms with Gasteiger partial charge in [0.05, 0.1) is 12.1 Å². The molecule has 6 nitrogen and oxygen atoms in total. The molecule has 3 N–H and O–H groups in total. The van der Waals surface area contributed by atoms with Crippen LogP contribution in [0.15, 0.2) is 0 Å². The van der Waals surface area contributed by atoms with Crippen LogP contribution in [0.2, 0.25) is 0 Å². The Morgan fingerprint density at radius 2 is 1.92 bits per heavy atom. The summed E-state index contributed by atoms with van der Waals surface area (Å²) < 4.78 is 6.05. The van der Waals surface area contributed by atoms with Crippen LogP contribution in [-0.4, -0.2) is 57.8 Å². The highest BCUT2D eigenvalue weighted by atomic mass is 16.6. The van der Waals surface area contributed by atoms with E-state index in [-0.39, 0.29) is 6.04 Å². The molecule has 0 aromatic carbocycles. The largest absolute Gasteiger partial charge is 0.465 e. The maximum absolute atomic E-state index is 11.9. The fourth-order valence-corrected chi connectivity index (χ4v) is 4.42. The quantitative estimate of drug-likeness (QED) is 0.692. The molecule has 6 heteroatoms. The monoisotopic (exact) mass is 340 g/mol. The van der Waals surface area contributed by atoms with Gasteiger partial charge < -0.3 is 20.3 Å². The third kappa shape index (κ3) is 4.03. The molecule has 2 aliphatic carbocycles. The lowest BCUT2D eigenvalue weighted by molar-refractivity contribution is -0.0968. The van der Waals surface area contributed by atoms with Crippen molar-refractivity contribution < 1.29 is 19.7 Å². The second kappa shape index (κ2) is 7.18. The predicted molar refractivity (Wildman–Crippen MR) is 90.8 cm³/mol. The Hall–Kier alpha value is -0.850. The van der Waals surface area contributed by atoms with E-state index in [0.29, 0.717) is 18.5 Å². The van der Waals surface area contributed by atoms with Crippen molar-refractivity contribution in [3.05, 3.63) is 0 Å². The van der Waals surface area contributed by atoms with Gasteiger partial charge in [-0.3, -0.25) is 4.90 Å². The number of amides is 1. The summed E-state index contributed by atoms with van der Waals surface area (Å²) in [5.41, 5.74) is -0.892. The fraction of sp³-hybridized carbons (Fsp3) is 0.944. The molecule has 3 fully saturated rings. The van der Waals surface area contributed by atoms with Gasteiger partial charge in [-0.05, 0) is 39.0 Å². The van der Waals surface area contributed by atoms with E-state index in [1.165, 1.54) is 24.2 Å². The first-order chi connectivity index (χ1) is 11.4. The molecule has 138 valence electrons. The van der Waals surface area contributed by atoms with Crippen molar-refractivity contribution in [3.8, 4) is 0 Å². The third-order valence-electron chi connectivity index (χ3n) is 5.79. The Kier molecular flexibility index (Phi) is 5.37. The van der Waals surface area contributed by atoms with Crippen molar-refractivity contribution in [2.75, 3.05) is 6.54 Å². The SMILES string of the molecule is CC1(C)O[C@@H](C(O)CNC2CC2)[C@H](CC2CCCCC2)N1C(=O)O. The van der Waals surface area contributed by atoms with Gasteiger partial charge in [-0.15, -0.1) is 0 Å². The molecule has 1 amide bonds. The van der Waals surface area contributed by atoms with Gasteiger partial charge in [0.2, 0.25) is 0 Å². The van der Waals surface area contributed by atoms with Gasteiger partial charge >= 0.3 is 6.09 Å². The molecule has 0 radical (unpaired) electrons. The van der Waals surface area contributed by atoms with Crippen molar-refractivity contribution >= 4 is 6.09 Å². The lowest BCUT2D eigenvalue weighted by atomic mass is 9.83. The van der Waals surface area contributed by atoms with Crippen molar-refractivity contribution in [2.24, 2.45) is 5.92 Å². The highest BCUT2D eigenvalue weighted by Gasteiger charge is 2.52. The Labute approximate surface area is 144 Å². The molecule has 1 heterocycles. The van der Waals surface area contributed by atoms with Gasteiger partial charge in [0.25, 0.3) is 0 Å². The number of carboxylic acid groups (broad SMARTS) is 1. The molecule has 1 unspecified atom stereocenters. The number of carbonyl (C=O) groups is 1. The van der Waals surface area contributed by atoms with Gasteiger partial charge in [-0.25, -0.2) is 4.79 Å². The van der Waals surface area contributed by atoms with Crippen LogP contribution < -0.4 is 5.32 Å². The van der Waals surface area contributed by atoms with E-state index in [9.17, 15) is 15.0 Å². The van der Waals surface area contributed by atoms with Gasteiger partial charge in [0, 0.05) is 12.6 Å². The molecule has 3 rings (SSSR count). The number of aliphatic hydroxyl groups excluding tert-OH is 1. The zero-order valence-corrected chi connectivity index (χ0v) is 14.9. The first-order valence-corrected chi connectivity index (χ1v) is 9.50. The predicted octanol–water partition coefficient (Wildman–Crippen LogP) is 2.55. The molecule has 2 saturated carbocycles. The topological polar surface area (TPSA) is 82.0 Å². The van der Waals surface area contributed by atoms with Crippen molar-refractivity contribution in [1.29, 1.82) is 0 Å². The summed E-state index contributed by atoms with van der Waals surface area (Å²) in [6.45, 7) is 4.05. The van der Waals surface area contributed by atoms with Crippen molar-refractivity contribution in [1.82, 2.24) is 10.2 Å². The molecular formula is C18H32N2O4. The third-order valence-corrected chi connectivity index (χ3v) is 5.79. The molecular weight excluding hydrogens is 308 g/mol. The Bertz CT molecular complexity index is 446. The Morgan fingerprint density at radius 1 is 1.25 bits per heavy atom. The summed E-state index contributed by atoms with van der Waals surface area (Å²) in [6, 6.07) is 0.248. The van der Waals surface area contributed by atoms with Crippen molar-refractivity contribution in [2.45, 2.75) is 95.2 Å². The minimum atomic E-state index is -0.953. The first-order valence-electron chi connectivity index (χ1n) is 9.50. The minimum absolute atomic E-state index is 0.267. The van der Waals surface area contributed by atoms with Gasteiger partial charge in [-0.2, -0.15) is 0 Å². The van der Waals surface area contributed by atoms with E-state index in [2.05, 4.69) is 5.32 Å². The van der Waals surface area contributed by atoms with Crippen LogP contribution in [0.3, 0.4) is 0 Å². The summed E-state index contributed by atoms with van der Waals surface area (Å²) in [5, 5.41) is 23.7. The standard InChI is InChI=1S/C18H32N2O4/c1-18(2)20(17(22)23)14(10-12-6-4-3-5-7-12)16(24-18)15(21)11-19-13-8-9-13/h12-16,19,21H,3-11H2,1-2H3,(H,22,23)/t14-,15?,16+/m0/s1. The summed E-state index contributed by atoms with van der Waals surface area (Å²) in [5.74, 6) is 0.536. The lowest BCUT2D eigenvalue weighted by Crippen LogP contribution is -2.50. The number of ether oxygens (including phenoxy) is 1. The average Bonchev–Trinajstić information content (AvgIpc) is 3.30. The first kappa shape index (κ1) is 18.0. The zero-order chi connectivity index (χ0) is 17.3. The number of nitrogens with zero attached hydrogens (tertiary/aromatic N) is 1. The maximum atomic E-state index is 11.9. The lowest BCUT2D eigenvalue weighted by Gasteiger charge is -2.34. The van der Waals surface area contributed by atoms with Crippen LogP contribution in [0.4, 0.5) is 4.79 Å². The maximum Gasteiger partial charge on any atom is 0.409 e.